The molecule has 0 aromatic carbocycles. The van der Waals surface area contributed by atoms with Crippen LogP contribution < -0.4 is 5.32 Å². The number of hydrogen-bond donors (Lipinski definition) is 1. The molecule has 1 aromatic heterocycles. The summed E-state index contributed by atoms with van der Waals surface area (Å²) in [7, 11) is 5.84. The molecule has 0 saturated carbocycles. The lowest BCUT2D eigenvalue weighted by atomic mass is 10.2. The number of hydrogen-bond acceptors (Lipinski definition) is 4. The molecule has 1 rings (SSSR count). The highest BCUT2D eigenvalue weighted by Gasteiger charge is 2.08. The second kappa shape index (κ2) is 7.51. The molecule has 1 heterocycles. The number of rotatable bonds is 8. The molecule has 0 spiro atoms. The van der Waals surface area contributed by atoms with Gasteiger partial charge in [-0.05, 0) is 20.9 Å². The number of likely N-dealkylation sites (N-methyl/N-ethyl adjacent to an activating group) is 1. The van der Waals surface area contributed by atoms with Crippen molar-refractivity contribution >= 4 is 0 Å². The lowest BCUT2D eigenvalue weighted by molar-refractivity contribution is 0.161. The van der Waals surface area contributed by atoms with Crippen molar-refractivity contribution in [2.45, 2.75) is 20.4 Å². The van der Waals surface area contributed by atoms with Crippen molar-refractivity contribution in [3.05, 3.63) is 17.0 Å². The summed E-state index contributed by atoms with van der Waals surface area (Å²) in [5, 5.41) is 7.88. The maximum absolute atomic E-state index is 5.05. The summed E-state index contributed by atoms with van der Waals surface area (Å²) in [6.45, 7) is 8.84. The van der Waals surface area contributed by atoms with Crippen LogP contribution in [-0.2, 0) is 18.3 Å². The van der Waals surface area contributed by atoms with E-state index in [0.29, 0.717) is 0 Å². The molecule has 0 radical (unpaired) electrons. The second-order valence-corrected chi connectivity index (χ2v) is 4.75. The standard InChI is InChI=1S/C13H26N4O/c1-11-13(12(2)17(4)15-11)10-14-6-7-16(3)8-9-18-5/h14H,6-10H2,1-5H3. The number of ether oxygens (including phenoxy) is 1. The molecule has 0 unspecified atom stereocenters. The zero-order valence-corrected chi connectivity index (χ0v) is 12.3. The smallest absolute Gasteiger partial charge is 0.0641 e. The number of nitrogens with one attached hydrogen (secondary N) is 1. The topological polar surface area (TPSA) is 42.3 Å². The molecule has 0 aliphatic heterocycles. The molecule has 0 aliphatic carbocycles. The van der Waals surface area contributed by atoms with E-state index in [1.54, 1.807) is 7.11 Å². The first-order valence-corrected chi connectivity index (χ1v) is 6.43. The molecular formula is C13H26N4O. The summed E-state index contributed by atoms with van der Waals surface area (Å²) in [5.74, 6) is 0. The molecule has 0 aliphatic rings. The highest BCUT2D eigenvalue weighted by Crippen LogP contribution is 2.10. The summed E-state index contributed by atoms with van der Waals surface area (Å²) in [4.78, 5) is 2.26. The maximum atomic E-state index is 5.05. The Morgan fingerprint density at radius 2 is 2.06 bits per heavy atom. The summed E-state index contributed by atoms with van der Waals surface area (Å²) >= 11 is 0. The van der Waals surface area contributed by atoms with Crippen molar-refractivity contribution in [2.24, 2.45) is 7.05 Å². The molecule has 0 bridgehead atoms. The molecule has 104 valence electrons. The number of aromatic nitrogens is 2. The van der Waals surface area contributed by atoms with Gasteiger partial charge < -0.3 is 15.0 Å². The summed E-state index contributed by atoms with van der Waals surface area (Å²) < 4.78 is 6.99. The minimum Gasteiger partial charge on any atom is -0.383 e. The monoisotopic (exact) mass is 254 g/mol. The average Bonchev–Trinajstić information content (AvgIpc) is 2.57. The van der Waals surface area contributed by atoms with E-state index in [9.17, 15) is 0 Å². The van der Waals surface area contributed by atoms with E-state index in [2.05, 4.69) is 36.2 Å². The first-order chi connectivity index (χ1) is 8.56. The van der Waals surface area contributed by atoms with Crippen LogP contribution in [-0.4, -0.2) is 55.1 Å². The summed E-state index contributed by atoms with van der Waals surface area (Å²) in [6, 6.07) is 0. The minimum atomic E-state index is 0.789. The molecule has 0 fully saturated rings. The van der Waals surface area contributed by atoms with E-state index in [0.717, 1.165) is 38.5 Å². The van der Waals surface area contributed by atoms with Crippen molar-refractivity contribution in [2.75, 3.05) is 40.4 Å². The molecular weight excluding hydrogens is 228 g/mol. The predicted octanol–water partition coefficient (Wildman–Crippen LogP) is 0.705. The third-order valence-corrected chi connectivity index (χ3v) is 3.31. The highest BCUT2D eigenvalue weighted by molar-refractivity contribution is 5.23. The molecule has 1 N–H and O–H groups in total. The molecule has 5 nitrogen and oxygen atoms in total. The van der Waals surface area contributed by atoms with Crippen LogP contribution in [0, 0.1) is 13.8 Å². The zero-order chi connectivity index (χ0) is 13.5. The fourth-order valence-corrected chi connectivity index (χ4v) is 1.92. The second-order valence-electron chi connectivity index (χ2n) is 4.75. The van der Waals surface area contributed by atoms with Gasteiger partial charge in [0.05, 0.1) is 12.3 Å². The Morgan fingerprint density at radius 3 is 2.61 bits per heavy atom. The molecule has 1 aromatic rings. The van der Waals surface area contributed by atoms with Gasteiger partial charge in [-0.25, -0.2) is 0 Å². The van der Waals surface area contributed by atoms with Gasteiger partial charge in [0.1, 0.15) is 0 Å². The molecule has 18 heavy (non-hydrogen) atoms. The van der Waals surface area contributed by atoms with E-state index in [-0.39, 0.29) is 0 Å². The van der Waals surface area contributed by atoms with Gasteiger partial charge >= 0.3 is 0 Å². The zero-order valence-electron chi connectivity index (χ0n) is 12.3. The van der Waals surface area contributed by atoms with Gasteiger partial charge in [0.2, 0.25) is 0 Å². The first kappa shape index (κ1) is 15.1. The third kappa shape index (κ3) is 4.40. The molecule has 5 heteroatoms. The predicted molar refractivity (Wildman–Crippen MR) is 73.8 cm³/mol. The van der Waals surface area contributed by atoms with Crippen LogP contribution in [0.15, 0.2) is 0 Å². The fourth-order valence-electron chi connectivity index (χ4n) is 1.92. The van der Waals surface area contributed by atoms with Gasteiger partial charge in [-0.2, -0.15) is 5.10 Å². The van der Waals surface area contributed by atoms with Gasteiger partial charge in [0.15, 0.2) is 0 Å². The molecule has 0 amide bonds. The SMILES string of the molecule is COCCN(C)CCNCc1c(C)nn(C)c1C. The maximum Gasteiger partial charge on any atom is 0.0641 e. The Bertz CT molecular complexity index is 362. The summed E-state index contributed by atoms with van der Waals surface area (Å²) in [5.41, 5.74) is 3.68. The van der Waals surface area contributed by atoms with E-state index in [4.69, 9.17) is 4.74 Å². The van der Waals surface area contributed by atoms with Crippen molar-refractivity contribution in [3.8, 4) is 0 Å². The fraction of sp³-hybridized carbons (Fsp3) is 0.769. The minimum absolute atomic E-state index is 0.789. The van der Waals surface area contributed by atoms with Gasteiger partial charge in [-0.15, -0.1) is 0 Å². The highest BCUT2D eigenvalue weighted by atomic mass is 16.5. The van der Waals surface area contributed by atoms with E-state index in [1.807, 2.05) is 11.7 Å². The van der Waals surface area contributed by atoms with Crippen LogP contribution >= 0.6 is 0 Å². The van der Waals surface area contributed by atoms with Crippen molar-refractivity contribution in [1.29, 1.82) is 0 Å². The van der Waals surface area contributed by atoms with Gasteiger partial charge in [-0.1, -0.05) is 0 Å². The van der Waals surface area contributed by atoms with E-state index in [1.165, 1.54) is 11.3 Å². The Balaban J connectivity index is 2.25. The molecule has 0 saturated heterocycles. The van der Waals surface area contributed by atoms with Crippen LogP contribution in [0.5, 0.6) is 0 Å². The number of methoxy groups -OCH3 is 1. The van der Waals surface area contributed by atoms with Crippen molar-refractivity contribution in [1.82, 2.24) is 20.0 Å². The van der Waals surface area contributed by atoms with Crippen LogP contribution in [0.1, 0.15) is 17.0 Å². The van der Waals surface area contributed by atoms with Crippen LogP contribution in [0.4, 0.5) is 0 Å². The lowest BCUT2D eigenvalue weighted by Gasteiger charge is -2.16. The van der Waals surface area contributed by atoms with Crippen LogP contribution in [0.3, 0.4) is 0 Å². The van der Waals surface area contributed by atoms with E-state index >= 15 is 0 Å². The van der Waals surface area contributed by atoms with Crippen molar-refractivity contribution in [3.63, 3.8) is 0 Å². The molecule has 0 atom stereocenters. The Hall–Kier alpha value is -0.910. The van der Waals surface area contributed by atoms with Crippen molar-refractivity contribution < 1.29 is 4.74 Å². The van der Waals surface area contributed by atoms with Gasteiger partial charge in [0.25, 0.3) is 0 Å². The van der Waals surface area contributed by atoms with Gasteiger partial charge in [0, 0.05) is 51.6 Å². The van der Waals surface area contributed by atoms with Gasteiger partial charge in [-0.3, -0.25) is 4.68 Å². The Morgan fingerprint density at radius 1 is 1.33 bits per heavy atom. The van der Waals surface area contributed by atoms with Crippen LogP contribution in [0.25, 0.3) is 0 Å². The number of aryl methyl sites for hydroxylation is 2. The quantitative estimate of drug-likeness (QED) is 0.694. The largest absolute Gasteiger partial charge is 0.383 e. The van der Waals surface area contributed by atoms with Crippen LogP contribution in [0.2, 0.25) is 0 Å². The average molecular weight is 254 g/mol. The van der Waals surface area contributed by atoms with E-state index < -0.39 is 0 Å². The normalized spacial score (nSPS) is 11.4. The summed E-state index contributed by atoms with van der Waals surface area (Å²) in [6.07, 6.45) is 0. The Labute approximate surface area is 110 Å². The first-order valence-electron chi connectivity index (χ1n) is 6.43. The lowest BCUT2D eigenvalue weighted by Crippen LogP contribution is -2.31. The Kier molecular flexibility index (Phi) is 6.32. The number of nitrogens with zero attached hydrogens (tertiary/aromatic N) is 3. The third-order valence-electron chi connectivity index (χ3n) is 3.31.